The second-order valence-electron chi connectivity index (χ2n) is 6.42. The Morgan fingerprint density at radius 2 is 2.05 bits per heavy atom. The number of nitrogens with one attached hydrogen (secondary N) is 1. The number of thiophene rings is 1. The van der Waals surface area contributed by atoms with E-state index in [-0.39, 0.29) is 5.91 Å². The summed E-state index contributed by atoms with van der Waals surface area (Å²) in [5.41, 5.74) is 1.78. The fraction of sp³-hybridized carbons (Fsp3) is 0.467. The first-order chi connectivity index (χ1) is 9.76. The topological polar surface area (TPSA) is 42.0 Å². The molecule has 0 aliphatic carbocycles. The van der Waals surface area contributed by atoms with Gasteiger partial charge in [-0.1, -0.05) is 25.7 Å². The maximum absolute atomic E-state index is 12.4. The van der Waals surface area contributed by atoms with Gasteiger partial charge in [0.15, 0.2) is 0 Å². The smallest absolute Gasteiger partial charge is 0.267 e. The van der Waals surface area contributed by atoms with E-state index >= 15 is 0 Å². The summed E-state index contributed by atoms with van der Waals surface area (Å²) in [5, 5.41) is 6.04. The van der Waals surface area contributed by atoms with Gasteiger partial charge in [-0.05, 0) is 31.7 Å². The molecule has 1 N–H and O–H groups in total. The van der Waals surface area contributed by atoms with E-state index in [4.69, 9.17) is 0 Å². The Kier molecular flexibility index (Phi) is 5.01. The number of aromatic nitrogens is 1. The van der Waals surface area contributed by atoms with Gasteiger partial charge in [-0.2, -0.15) is 0 Å². The first-order valence-corrected chi connectivity index (χ1v) is 12.5. The van der Waals surface area contributed by atoms with Gasteiger partial charge in [-0.15, -0.1) is 22.7 Å². The molecular formula is C15H22N2OS2Si. The molecule has 0 unspecified atom stereocenters. The van der Waals surface area contributed by atoms with Gasteiger partial charge >= 0.3 is 0 Å². The number of anilines is 1. The van der Waals surface area contributed by atoms with Crippen LogP contribution in [0.25, 0.3) is 0 Å². The molecule has 1 amide bonds. The molecule has 0 bridgehead atoms. The standard InChI is InChI=1S/C15H22N2OS2Si/c1-10-14(20-11(2)16-10)15(18)17-12-6-8-19-13(12)7-9-21(3,4)5/h6,8H,7,9H2,1-5H3,(H,17,18). The van der Waals surface area contributed by atoms with Crippen molar-refractivity contribution in [3.63, 3.8) is 0 Å². The molecule has 0 fully saturated rings. The molecule has 2 aromatic rings. The van der Waals surface area contributed by atoms with Crippen LogP contribution in [0.3, 0.4) is 0 Å². The van der Waals surface area contributed by atoms with Crippen molar-refractivity contribution in [1.82, 2.24) is 4.98 Å². The first-order valence-electron chi connectivity index (χ1n) is 7.08. The SMILES string of the molecule is Cc1nc(C)c(C(=O)Nc2ccsc2CC[Si](C)(C)C)s1. The molecule has 2 heterocycles. The molecule has 21 heavy (non-hydrogen) atoms. The van der Waals surface area contributed by atoms with Gasteiger partial charge < -0.3 is 5.32 Å². The van der Waals surface area contributed by atoms with Crippen LogP contribution < -0.4 is 5.32 Å². The number of hydrogen-bond donors (Lipinski definition) is 1. The molecule has 3 nitrogen and oxygen atoms in total. The van der Waals surface area contributed by atoms with Crippen LogP contribution in [0.4, 0.5) is 5.69 Å². The number of aryl methyl sites for hydroxylation is 3. The quantitative estimate of drug-likeness (QED) is 0.783. The van der Waals surface area contributed by atoms with Crippen molar-refractivity contribution in [3.05, 3.63) is 31.9 Å². The Morgan fingerprint density at radius 1 is 1.33 bits per heavy atom. The minimum absolute atomic E-state index is 0.0363. The number of carbonyl (C=O) groups is 1. The third-order valence-corrected chi connectivity index (χ3v) is 7.01. The lowest BCUT2D eigenvalue weighted by Crippen LogP contribution is -2.20. The lowest BCUT2D eigenvalue weighted by Gasteiger charge is -2.15. The van der Waals surface area contributed by atoms with E-state index in [9.17, 15) is 4.79 Å². The van der Waals surface area contributed by atoms with Crippen LogP contribution >= 0.6 is 22.7 Å². The molecule has 0 saturated heterocycles. The summed E-state index contributed by atoms with van der Waals surface area (Å²) in [7, 11) is -1.06. The van der Waals surface area contributed by atoms with Gasteiger partial charge in [0.05, 0.1) is 16.4 Å². The van der Waals surface area contributed by atoms with Crippen molar-refractivity contribution in [2.45, 2.75) is 46.0 Å². The summed E-state index contributed by atoms with van der Waals surface area (Å²) in [6.07, 6.45) is 1.06. The van der Waals surface area contributed by atoms with Gasteiger partial charge in [-0.3, -0.25) is 4.79 Å². The molecule has 0 spiro atoms. The average Bonchev–Trinajstić information content (AvgIpc) is 2.92. The third kappa shape index (κ3) is 4.49. The molecule has 0 atom stereocenters. The molecule has 0 aromatic carbocycles. The van der Waals surface area contributed by atoms with Crippen molar-refractivity contribution in [1.29, 1.82) is 0 Å². The molecule has 2 aromatic heterocycles. The summed E-state index contributed by atoms with van der Waals surface area (Å²) >= 11 is 3.19. The molecule has 2 rings (SSSR count). The fourth-order valence-corrected chi connectivity index (χ4v) is 4.89. The number of carbonyl (C=O) groups excluding carboxylic acids is 1. The molecule has 114 valence electrons. The monoisotopic (exact) mass is 338 g/mol. The zero-order valence-corrected chi connectivity index (χ0v) is 15.9. The van der Waals surface area contributed by atoms with E-state index in [0.717, 1.165) is 27.7 Å². The van der Waals surface area contributed by atoms with Crippen molar-refractivity contribution >= 4 is 42.3 Å². The zero-order chi connectivity index (χ0) is 15.6. The normalized spacial score (nSPS) is 11.7. The van der Waals surface area contributed by atoms with Gasteiger partial charge in [0.2, 0.25) is 0 Å². The summed E-state index contributed by atoms with van der Waals surface area (Å²) < 4.78 is 0. The van der Waals surface area contributed by atoms with Gasteiger partial charge in [0.25, 0.3) is 5.91 Å². The Hall–Kier alpha value is -0.983. The van der Waals surface area contributed by atoms with Crippen LogP contribution in [-0.2, 0) is 6.42 Å². The number of amides is 1. The van der Waals surface area contributed by atoms with E-state index in [0.29, 0.717) is 0 Å². The lowest BCUT2D eigenvalue weighted by atomic mass is 10.3. The molecule has 0 radical (unpaired) electrons. The molecule has 0 aliphatic rings. The lowest BCUT2D eigenvalue weighted by molar-refractivity contribution is 0.103. The first kappa shape index (κ1) is 16.4. The van der Waals surface area contributed by atoms with Crippen LogP contribution in [0.1, 0.15) is 25.3 Å². The predicted octanol–water partition coefficient (Wildman–Crippen LogP) is 4.95. The van der Waals surface area contributed by atoms with Crippen molar-refractivity contribution in [3.8, 4) is 0 Å². The predicted molar refractivity (Wildman–Crippen MR) is 95.7 cm³/mol. The van der Waals surface area contributed by atoms with Crippen molar-refractivity contribution < 1.29 is 4.79 Å². The van der Waals surface area contributed by atoms with Crippen molar-refractivity contribution in [2.24, 2.45) is 0 Å². The highest BCUT2D eigenvalue weighted by Crippen LogP contribution is 2.27. The van der Waals surface area contributed by atoms with E-state index in [2.05, 4.69) is 35.3 Å². The Morgan fingerprint density at radius 3 is 2.62 bits per heavy atom. The maximum Gasteiger partial charge on any atom is 0.267 e. The van der Waals surface area contributed by atoms with Crippen LogP contribution in [0.5, 0.6) is 0 Å². The highest BCUT2D eigenvalue weighted by Gasteiger charge is 2.18. The largest absolute Gasteiger partial charge is 0.320 e. The third-order valence-electron chi connectivity index (χ3n) is 3.21. The van der Waals surface area contributed by atoms with Gasteiger partial charge in [-0.25, -0.2) is 4.98 Å². The van der Waals surface area contributed by atoms with Crippen LogP contribution in [-0.4, -0.2) is 19.0 Å². The van der Waals surface area contributed by atoms with Gasteiger partial charge in [0, 0.05) is 13.0 Å². The van der Waals surface area contributed by atoms with Crippen molar-refractivity contribution in [2.75, 3.05) is 5.32 Å². The Labute approximate surface area is 135 Å². The zero-order valence-electron chi connectivity index (χ0n) is 13.2. The summed E-state index contributed by atoms with van der Waals surface area (Å²) in [5.74, 6) is -0.0363. The molecular weight excluding hydrogens is 316 g/mol. The van der Waals surface area contributed by atoms with Gasteiger partial charge in [0.1, 0.15) is 4.88 Å². The van der Waals surface area contributed by atoms with Crippen LogP contribution in [0, 0.1) is 13.8 Å². The summed E-state index contributed by atoms with van der Waals surface area (Å²) in [6.45, 7) is 10.9. The summed E-state index contributed by atoms with van der Waals surface area (Å²) in [6, 6.07) is 3.25. The van der Waals surface area contributed by atoms with Crippen LogP contribution in [0.2, 0.25) is 25.7 Å². The average molecular weight is 339 g/mol. The Bertz CT molecular complexity index is 640. The minimum atomic E-state index is -1.06. The molecule has 0 aliphatic heterocycles. The highest BCUT2D eigenvalue weighted by molar-refractivity contribution is 7.14. The fourth-order valence-electron chi connectivity index (χ4n) is 2.06. The molecule has 6 heteroatoms. The second kappa shape index (κ2) is 6.42. The number of nitrogens with zero attached hydrogens (tertiary/aromatic N) is 1. The highest BCUT2D eigenvalue weighted by atomic mass is 32.1. The number of hydrogen-bond acceptors (Lipinski definition) is 4. The number of thiazole rings is 1. The van der Waals surface area contributed by atoms with E-state index < -0.39 is 8.07 Å². The van der Waals surface area contributed by atoms with E-state index in [1.165, 1.54) is 22.3 Å². The second-order valence-corrected chi connectivity index (χ2v) is 14.2. The molecule has 0 saturated carbocycles. The maximum atomic E-state index is 12.4. The van der Waals surface area contributed by atoms with Crippen LogP contribution in [0.15, 0.2) is 11.4 Å². The summed E-state index contributed by atoms with van der Waals surface area (Å²) in [4.78, 5) is 18.7. The Balaban J connectivity index is 2.08. The minimum Gasteiger partial charge on any atom is -0.320 e. The van der Waals surface area contributed by atoms with E-state index in [1.54, 1.807) is 11.3 Å². The number of rotatable bonds is 5. The van der Waals surface area contributed by atoms with E-state index in [1.807, 2.05) is 19.9 Å².